The normalized spacial score (nSPS) is 13.3. The molecule has 0 spiro atoms. The molecule has 92 valence electrons. The second-order valence-electron chi connectivity index (χ2n) is 3.37. The maximum absolute atomic E-state index is 2.30. The lowest BCUT2D eigenvalue weighted by Gasteiger charge is -1.86. The van der Waals surface area contributed by atoms with Crippen molar-refractivity contribution in [2.24, 2.45) is 5.41 Å². The molecule has 0 amide bonds. The van der Waals surface area contributed by atoms with Crippen LogP contribution >= 0.6 is 0 Å². The SMILES string of the molecule is CC.CC.CC.CC1(C)CC1.CCC. The van der Waals surface area contributed by atoms with Gasteiger partial charge in [-0.2, -0.15) is 0 Å². The Kier molecular flexibility index (Phi) is 39.1. The molecule has 1 rings (SSSR count). The minimum Gasteiger partial charge on any atom is -0.0683 e. The summed E-state index contributed by atoms with van der Waals surface area (Å²) in [5, 5.41) is 0. The van der Waals surface area contributed by atoms with Crippen LogP contribution in [0, 0.1) is 5.41 Å². The Labute approximate surface area is 94.5 Å². The fourth-order valence-corrected chi connectivity index (χ4v) is 0.250. The predicted molar refractivity (Wildman–Crippen MR) is 73.0 cm³/mol. The van der Waals surface area contributed by atoms with Gasteiger partial charge in [0, 0.05) is 0 Å². The van der Waals surface area contributed by atoms with E-state index in [4.69, 9.17) is 0 Å². The van der Waals surface area contributed by atoms with E-state index < -0.39 is 0 Å². The molecule has 14 heavy (non-hydrogen) atoms. The fraction of sp³-hybridized carbons (Fsp3) is 1.00. The second kappa shape index (κ2) is 23.1. The predicted octanol–water partition coefficient (Wildman–Crippen LogP) is 6.30. The summed E-state index contributed by atoms with van der Waals surface area (Å²) in [6, 6.07) is 0. The van der Waals surface area contributed by atoms with E-state index in [0.717, 1.165) is 5.41 Å². The number of hydrogen-bond acceptors (Lipinski definition) is 0. The van der Waals surface area contributed by atoms with Crippen molar-refractivity contribution in [1.82, 2.24) is 0 Å². The Morgan fingerprint density at radius 3 is 0.786 bits per heavy atom. The van der Waals surface area contributed by atoms with Gasteiger partial charge in [-0.1, -0.05) is 75.7 Å². The van der Waals surface area contributed by atoms with Gasteiger partial charge in [-0.25, -0.2) is 0 Å². The van der Waals surface area contributed by atoms with Gasteiger partial charge < -0.3 is 0 Å². The summed E-state index contributed by atoms with van der Waals surface area (Å²) < 4.78 is 0. The molecule has 0 aromatic rings. The van der Waals surface area contributed by atoms with Crippen LogP contribution in [0.25, 0.3) is 0 Å². The van der Waals surface area contributed by atoms with Crippen LogP contribution in [-0.4, -0.2) is 0 Å². The molecule has 0 heteroatoms. The van der Waals surface area contributed by atoms with Gasteiger partial charge in [0.1, 0.15) is 0 Å². The van der Waals surface area contributed by atoms with Crippen molar-refractivity contribution >= 4 is 0 Å². The van der Waals surface area contributed by atoms with E-state index in [1.54, 1.807) is 0 Å². The molecule has 0 nitrogen and oxygen atoms in total. The minimum absolute atomic E-state index is 0.750. The maximum atomic E-state index is 2.30. The van der Waals surface area contributed by atoms with E-state index in [9.17, 15) is 0 Å². The molecule has 0 aromatic carbocycles. The molecule has 1 aliphatic rings. The van der Waals surface area contributed by atoms with Crippen molar-refractivity contribution in [3.63, 3.8) is 0 Å². The summed E-state index contributed by atoms with van der Waals surface area (Å²) >= 11 is 0. The number of rotatable bonds is 0. The molecular formula is C14H36. The van der Waals surface area contributed by atoms with E-state index in [2.05, 4.69) is 27.7 Å². The van der Waals surface area contributed by atoms with Gasteiger partial charge in [0.15, 0.2) is 0 Å². The van der Waals surface area contributed by atoms with Crippen LogP contribution in [0.3, 0.4) is 0 Å². The van der Waals surface area contributed by atoms with Crippen LogP contribution in [0.5, 0.6) is 0 Å². The second-order valence-corrected chi connectivity index (χ2v) is 3.37. The molecule has 0 aromatic heterocycles. The van der Waals surface area contributed by atoms with E-state index >= 15 is 0 Å². The zero-order chi connectivity index (χ0) is 12.6. The maximum Gasteiger partial charge on any atom is -0.0354 e. The third kappa shape index (κ3) is 58.1. The highest BCUT2D eigenvalue weighted by Crippen LogP contribution is 2.43. The monoisotopic (exact) mass is 204 g/mol. The molecule has 1 saturated carbocycles. The molecule has 0 radical (unpaired) electrons. The molecule has 0 unspecified atom stereocenters. The van der Waals surface area contributed by atoms with Crippen molar-refractivity contribution in [2.45, 2.75) is 88.5 Å². The first kappa shape index (κ1) is 23.7. The van der Waals surface area contributed by atoms with Crippen LogP contribution in [0.1, 0.15) is 88.5 Å². The zero-order valence-corrected chi connectivity index (χ0v) is 12.6. The van der Waals surface area contributed by atoms with Crippen LogP contribution in [0.15, 0.2) is 0 Å². The Hall–Kier alpha value is 0. The third-order valence-electron chi connectivity index (χ3n) is 1.25. The lowest BCUT2D eigenvalue weighted by Crippen LogP contribution is -1.75. The van der Waals surface area contributed by atoms with Crippen LogP contribution in [-0.2, 0) is 0 Å². The first-order valence-electron chi connectivity index (χ1n) is 6.62. The summed E-state index contributed by atoms with van der Waals surface area (Å²) in [4.78, 5) is 0. The third-order valence-corrected chi connectivity index (χ3v) is 1.25. The zero-order valence-electron chi connectivity index (χ0n) is 12.6. The Morgan fingerprint density at radius 1 is 0.714 bits per heavy atom. The highest BCUT2D eigenvalue weighted by Gasteiger charge is 2.30. The van der Waals surface area contributed by atoms with E-state index in [-0.39, 0.29) is 0 Å². The smallest absolute Gasteiger partial charge is 0.0354 e. The molecule has 0 heterocycles. The largest absolute Gasteiger partial charge is 0.0683 e. The molecule has 0 aliphatic heterocycles. The highest BCUT2D eigenvalue weighted by molar-refractivity contribution is 4.82. The van der Waals surface area contributed by atoms with Gasteiger partial charge in [0.25, 0.3) is 0 Å². The average molecular weight is 204 g/mol. The lowest BCUT2D eigenvalue weighted by molar-refractivity contribution is 0.653. The quantitative estimate of drug-likeness (QED) is 0.434. The van der Waals surface area contributed by atoms with Crippen molar-refractivity contribution in [1.29, 1.82) is 0 Å². The van der Waals surface area contributed by atoms with Crippen LogP contribution in [0.2, 0.25) is 0 Å². The van der Waals surface area contributed by atoms with E-state index in [1.807, 2.05) is 41.5 Å². The number of hydrogen-bond donors (Lipinski definition) is 0. The molecule has 1 fully saturated rings. The first-order valence-corrected chi connectivity index (χ1v) is 6.62. The summed E-state index contributed by atoms with van der Waals surface area (Å²) in [7, 11) is 0. The van der Waals surface area contributed by atoms with Gasteiger partial charge in [0.05, 0.1) is 0 Å². The molecule has 0 atom stereocenters. The fourth-order valence-electron chi connectivity index (χ4n) is 0.250. The van der Waals surface area contributed by atoms with Gasteiger partial charge in [-0.05, 0) is 18.3 Å². The summed E-state index contributed by atoms with van der Waals surface area (Å²) in [5.74, 6) is 0. The summed E-state index contributed by atoms with van der Waals surface area (Å²) in [5.41, 5.74) is 0.750. The highest BCUT2D eigenvalue weighted by atomic mass is 14.4. The van der Waals surface area contributed by atoms with Gasteiger partial charge in [0.2, 0.25) is 0 Å². The van der Waals surface area contributed by atoms with Crippen LogP contribution < -0.4 is 0 Å². The van der Waals surface area contributed by atoms with E-state index in [1.165, 1.54) is 19.3 Å². The molecular weight excluding hydrogens is 168 g/mol. The summed E-state index contributed by atoms with van der Waals surface area (Å²) in [6.07, 6.45) is 4.15. The standard InChI is InChI=1S/C5H10.C3H8.3C2H6/c1-5(2)3-4-5;1-3-2;3*1-2/h3-4H2,1-2H3;3H2,1-2H3;3*1-2H3. The van der Waals surface area contributed by atoms with Gasteiger partial charge in [-0.3, -0.25) is 0 Å². The Morgan fingerprint density at radius 2 is 0.786 bits per heavy atom. The average Bonchev–Trinajstić information content (AvgIpc) is 2.92. The van der Waals surface area contributed by atoms with Crippen molar-refractivity contribution in [3.8, 4) is 0 Å². The lowest BCUT2D eigenvalue weighted by atomic mass is 10.2. The summed E-state index contributed by atoms with van der Waals surface area (Å²) in [6.45, 7) is 20.8. The van der Waals surface area contributed by atoms with Crippen molar-refractivity contribution < 1.29 is 0 Å². The molecule has 0 bridgehead atoms. The van der Waals surface area contributed by atoms with Gasteiger partial charge in [-0.15, -0.1) is 0 Å². The Balaban J connectivity index is -0.0000000494. The van der Waals surface area contributed by atoms with Gasteiger partial charge >= 0.3 is 0 Å². The molecule has 1 aliphatic carbocycles. The van der Waals surface area contributed by atoms with Crippen LogP contribution in [0.4, 0.5) is 0 Å². The topological polar surface area (TPSA) is 0 Å². The Bertz CT molecular complexity index is 47.1. The minimum atomic E-state index is 0.750. The molecule has 0 saturated heterocycles. The van der Waals surface area contributed by atoms with Crippen molar-refractivity contribution in [3.05, 3.63) is 0 Å². The van der Waals surface area contributed by atoms with Crippen molar-refractivity contribution in [2.75, 3.05) is 0 Å². The molecule has 0 N–H and O–H groups in total. The van der Waals surface area contributed by atoms with E-state index in [0.29, 0.717) is 0 Å². The first-order chi connectivity index (χ1) is 6.62.